The molecule has 2 fully saturated rings. The fourth-order valence-corrected chi connectivity index (χ4v) is 3.16. The molecule has 122 valence electrons. The second kappa shape index (κ2) is 7.56. The summed E-state index contributed by atoms with van der Waals surface area (Å²) in [5, 5.41) is 12.8. The number of hydrogen-bond acceptors (Lipinski definition) is 4. The van der Waals surface area contributed by atoms with E-state index in [0.717, 1.165) is 51.9 Å². The van der Waals surface area contributed by atoms with Crippen LogP contribution >= 0.6 is 0 Å². The van der Waals surface area contributed by atoms with Gasteiger partial charge >= 0.3 is 5.97 Å². The first-order chi connectivity index (χ1) is 10.0. The third kappa shape index (κ3) is 5.24. The molecule has 21 heavy (non-hydrogen) atoms. The highest BCUT2D eigenvalue weighted by Gasteiger charge is 2.38. The summed E-state index contributed by atoms with van der Waals surface area (Å²) in [4.78, 5) is 13.9. The lowest BCUT2D eigenvalue weighted by Crippen LogP contribution is -2.51. The molecule has 2 aliphatic rings. The van der Waals surface area contributed by atoms with Gasteiger partial charge in [-0.15, -0.1) is 0 Å². The molecule has 1 heterocycles. The van der Waals surface area contributed by atoms with Crippen molar-refractivity contribution in [3.8, 4) is 0 Å². The molecule has 1 aliphatic heterocycles. The molecule has 0 radical (unpaired) electrons. The van der Waals surface area contributed by atoms with E-state index in [4.69, 9.17) is 4.74 Å². The van der Waals surface area contributed by atoms with Crippen LogP contribution in [0.3, 0.4) is 0 Å². The van der Waals surface area contributed by atoms with Crippen molar-refractivity contribution in [3.63, 3.8) is 0 Å². The molecule has 2 N–H and O–H groups in total. The minimum absolute atomic E-state index is 0.360. The molecule has 0 amide bonds. The van der Waals surface area contributed by atoms with Gasteiger partial charge in [-0.25, -0.2) is 0 Å². The molecule has 2 rings (SSSR count). The van der Waals surface area contributed by atoms with Crippen LogP contribution in [-0.2, 0) is 9.53 Å². The second-order valence-corrected chi connectivity index (χ2v) is 6.68. The van der Waals surface area contributed by atoms with Crippen LogP contribution in [0.2, 0.25) is 0 Å². The molecule has 1 aliphatic carbocycles. The smallest absolute Gasteiger partial charge is 0.323 e. The SMILES string of the molecule is CCOC1CCCN(CCCC(C)(NC2CC2)C(=O)O)C1. The Hall–Kier alpha value is -0.650. The van der Waals surface area contributed by atoms with Crippen LogP contribution in [0.1, 0.15) is 52.4 Å². The number of carboxylic acid groups (broad SMARTS) is 1. The molecule has 5 nitrogen and oxygen atoms in total. The number of rotatable bonds is 9. The lowest BCUT2D eigenvalue weighted by atomic mass is 9.95. The van der Waals surface area contributed by atoms with Crippen LogP contribution in [0, 0.1) is 0 Å². The fourth-order valence-electron chi connectivity index (χ4n) is 3.16. The fraction of sp³-hybridized carbons (Fsp3) is 0.938. The maximum absolute atomic E-state index is 11.5. The lowest BCUT2D eigenvalue weighted by Gasteiger charge is -2.33. The molecule has 0 bridgehead atoms. The molecular weight excluding hydrogens is 268 g/mol. The van der Waals surface area contributed by atoms with Crippen molar-refractivity contribution in [1.82, 2.24) is 10.2 Å². The zero-order valence-electron chi connectivity index (χ0n) is 13.4. The predicted octanol–water partition coefficient (Wildman–Crippen LogP) is 1.86. The minimum atomic E-state index is -0.768. The molecule has 1 saturated carbocycles. The summed E-state index contributed by atoms with van der Waals surface area (Å²) in [6.07, 6.45) is 6.53. The normalized spacial score (nSPS) is 26.5. The first kappa shape index (κ1) is 16.7. The molecule has 2 unspecified atom stereocenters. The largest absolute Gasteiger partial charge is 0.480 e. The monoisotopic (exact) mass is 298 g/mol. The van der Waals surface area contributed by atoms with Gasteiger partial charge in [-0.2, -0.15) is 0 Å². The van der Waals surface area contributed by atoms with E-state index in [0.29, 0.717) is 18.6 Å². The van der Waals surface area contributed by atoms with Gasteiger partial charge in [-0.1, -0.05) is 0 Å². The van der Waals surface area contributed by atoms with Gasteiger partial charge in [-0.3, -0.25) is 10.1 Å². The van der Waals surface area contributed by atoms with Crippen LogP contribution in [0.15, 0.2) is 0 Å². The van der Waals surface area contributed by atoms with E-state index >= 15 is 0 Å². The molecule has 5 heteroatoms. The predicted molar refractivity (Wildman–Crippen MR) is 82.5 cm³/mol. The number of nitrogens with zero attached hydrogens (tertiary/aromatic N) is 1. The molecule has 0 aromatic rings. The van der Waals surface area contributed by atoms with Gasteiger partial charge in [0.2, 0.25) is 0 Å². The van der Waals surface area contributed by atoms with Crippen molar-refractivity contribution in [2.75, 3.05) is 26.2 Å². The van der Waals surface area contributed by atoms with Gasteiger partial charge in [-0.05, 0) is 65.5 Å². The van der Waals surface area contributed by atoms with E-state index in [1.165, 1.54) is 6.42 Å². The second-order valence-electron chi connectivity index (χ2n) is 6.68. The van der Waals surface area contributed by atoms with Crippen LogP contribution in [0.5, 0.6) is 0 Å². The quantitative estimate of drug-likeness (QED) is 0.680. The summed E-state index contributed by atoms with van der Waals surface area (Å²) < 4.78 is 5.71. The van der Waals surface area contributed by atoms with Gasteiger partial charge in [0.05, 0.1) is 6.10 Å². The summed E-state index contributed by atoms with van der Waals surface area (Å²) in [6, 6.07) is 0.420. The molecule has 0 aromatic heterocycles. The van der Waals surface area contributed by atoms with Crippen LogP contribution in [0.25, 0.3) is 0 Å². The number of aliphatic carboxylic acids is 1. The standard InChI is InChI=1S/C16H30N2O3/c1-3-21-14-6-4-10-18(12-14)11-5-9-16(2,15(19)20)17-13-7-8-13/h13-14,17H,3-12H2,1-2H3,(H,19,20). The maximum atomic E-state index is 11.5. The van der Waals surface area contributed by atoms with Crippen molar-refractivity contribution in [2.45, 2.75) is 70.1 Å². The van der Waals surface area contributed by atoms with Gasteiger partial charge in [0.1, 0.15) is 5.54 Å². The minimum Gasteiger partial charge on any atom is -0.480 e. The van der Waals surface area contributed by atoms with Crippen molar-refractivity contribution < 1.29 is 14.6 Å². The number of piperidine rings is 1. The topological polar surface area (TPSA) is 61.8 Å². The highest BCUT2D eigenvalue weighted by Crippen LogP contribution is 2.25. The third-order valence-electron chi connectivity index (χ3n) is 4.59. The number of carbonyl (C=O) groups is 1. The highest BCUT2D eigenvalue weighted by atomic mass is 16.5. The van der Waals surface area contributed by atoms with Crippen LogP contribution in [-0.4, -0.2) is 59.9 Å². The van der Waals surface area contributed by atoms with E-state index in [9.17, 15) is 9.90 Å². The lowest BCUT2D eigenvalue weighted by molar-refractivity contribution is -0.144. The van der Waals surface area contributed by atoms with E-state index in [-0.39, 0.29) is 0 Å². The molecule has 2 atom stereocenters. The number of hydrogen-bond donors (Lipinski definition) is 2. The van der Waals surface area contributed by atoms with E-state index < -0.39 is 11.5 Å². The van der Waals surface area contributed by atoms with E-state index in [1.807, 2.05) is 13.8 Å². The van der Waals surface area contributed by atoms with Crippen molar-refractivity contribution in [2.24, 2.45) is 0 Å². The van der Waals surface area contributed by atoms with E-state index in [1.54, 1.807) is 0 Å². The van der Waals surface area contributed by atoms with Gasteiger partial charge in [0.25, 0.3) is 0 Å². The Kier molecular flexibility index (Phi) is 6.02. The Balaban J connectivity index is 1.72. The van der Waals surface area contributed by atoms with Crippen LogP contribution < -0.4 is 5.32 Å². The molecule has 0 spiro atoms. The highest BCUT2D eigenvalue weighted by molar-refractivity contribution is 5.78. The first-order valence-electron chi connectivity index (χ1n) is 8.38. The molecule has 0 aromatic carbocycles. The summed E-state index contributed by atoms with van der Waals surface area (Å²) in [5.41, 5.74) is -0.768. The first-order valence-corrected chi connectivity index (χ1v) is 8.38. The Morgan fingerprint density at radius 2 is 2.19 bits per heavy atom. The van der Waals surface area contributed by atoms with Crippen molar-refractivity contribution in [3.05, 3.63) is 0 Å². The average molecular weight is 298 g/mol. The Bertz CT molecular complexity index is 344. The van der Waals surface area contributed by atoms with Crippen molar-refractivity contribution >= 4 is 5.97 Å². The zero-order chi connectivity index (χ0) is 15.3. The summed E-state index contributed by atoms with van der Waals surface area (Å²) >= 11 is 0. The molecule has 1 saturated heterocycles. The Morgan fingerprint density at radius 1 is 1.43 bits per heavy atom. The number of carboxylic acids is 1. The maximum Gasteiger partial charge on any atom is 0.323 e. The van der Waals surface area contributed by atoms with Gasteiger partial charge in [0, 0.05) is 19.2 Å². The van der Waals surface area contributed by atoms with Crippen LogP contribution in [0.4, 0.5) is 0 Å². The summed E-state index contributed by atoms with van der Waals surface area (Å²) in [7, 11) is 0. The summed E-state index contributed by atoms with van der Waals surface area (Å²) in [5.74, 6) is -0.722. The summed E-state index contributed by atoms with van der Waals surface area (Å²) in [6.45, 7) is 7.73. The average Bonchev–Trinajstić information content (AvgIpc) is 3.23. The third-order valence-corrected chi connectivity index (χ3v) is 4.59. The van der Waals surface area contributed by atoms with Gasteiger partial charge < -0.3 is 14.7 Å². The Morgan fingerprint density at radius 3 is 2.81 bits per heavy atom. The van der Waals surface area contributed by atoms with Crippen molar-refractivity contribution in [1.29, 1.82) is 0 Å². The van der Waals surface area contributed by atoms with E-state index in [2.05, 4.69) is 10.2 Å². The Labute approximate surface area is 128 Å². The van der Waals surface area contributed by atoms with Gasteiger partial charge in [0.15, 0.2) is 0 Å². The number of likely N-dealkylation sites (tertiary alicyclic amines) is 1. The zero-order valence-corrected chi connectivity index (χ0v) is 13.4. The molecular formula is C16H30N2O3. The number of nitrogens with one attached hydrogen (secondary N) is 1. The number of ether oxygens (including phenoxy) is 1.